The largest absolute Gasteiger partial charge is 0.508 e. The summed E-state index contributed by atoms with van der Waals surface area (Å²) in [5.74, 6) is 1.59. The molecule has 0 atom stereocenters. The van der Waals surface area contributed by atoms with E-state index >= 15 is 0 Å². The van der Waals surface area contributed by atoms with Crippen LogP contribution in [0.3, 0.4) is 0 Å². The topological polar surface area (TPSA) is 99.4 Å². The molecule has 294 valence electrons. The Morgan fingerprint density at radius 2 is 0.650 bits per heavy atom. The zero-order valence-electron chi connectivity index (χ0n) is 32.8. The second-order valence-electron chi connectivity index (χ2n) is 15.5. The minimum absolute atomic E-state index is 0.0112. The second-order valence-corrected chi connectivity index (χ2v) is 15.5. The van der Waals surface area contributed by atoms with E-state index in [1.165, 1.54) is 12.1 Å². The lowest BCUT2D eigenvalue weighted by Gasteiger charge is -2.34. The van der Waals surface area contributed by atoms with Gasteiger partial charge in [0, 0.05) is 23.3 Å². The van der Waals surface area contributed by atoms with Crippen molar-refractivity contribution in [3.8, 4) is 56.8 Å². The lowest BCUT2D eigenvalue weighted by Crippen LogP contribution is -2.28. The van der Waals surface area contributed by atoms with Gasteiger partial charge in [-0.3, -0.25) is 0 Å². The van der Waals surface area contributed by atoms with Gasteiger partial charge in [-0.25, -0.2) is 0 Å². The number of fused-ring (bicyclic) bond motifs is 6. The monoisotopic (exact) mass is 786 g/mol. The number of ether oxygens (including phenoxy) is 2. The first-order valence-electron chi connectivity index (χ1n) is 20.3. The highest BCUT2D eigenvalue weighted by atomic mass is 16.5. The Labute approximate surface area is 348 Å². The molecule has 0 saturated heterocycles. The maximum atomic E-state index is 11.3. The van der Waals surface area contributed by atoms with E-state index in [1.807, 2.05) is 84.9 Å². The van der Waals surface area contributed by atoms with Crippen molar-refractivity contribution in [2.75, 3.05) is 13.2 Å². The van der Waals surface area contributed by atoms with E-state index in [9.17, 15) is 20.4 Å². The molecule has 0 heterocycles. The van der Waals surface area contributed by atoms with Crippen LogP contribution in [-0.4, -0.2) is 33.6 Å². The van der Waals surface area contributed by atoms with Crippen molar-refractivity contribution >= 4 is 0 Å². The summed E-state index contributed by atoms with van der Waals surface area (Å²) >= 11 is 0. The van der Waals surface area contributed by atoms with Crippen molar-refractivity contribution in [3.05, 3.63) is 226 Å². The van der Waals surface area contributed by atoms with Gasteiger partial charge in [-0.05, 0) is 105 Å². The molecule has 2 aliphatic carbocycles. The van der Waals surface area contributed by atoms with E-state index in [2.05, 4.69) is 72.8 Å². The first-order valence-corrected chi connectivity index (χ1v) is 20.3. The molecule has 0 spiro atoms. The van der Waals surface area contributed by atoms with Crippen LogP contribution in [0.25, 0.3) is 22.3 Å². The van der Waals surface area contributed by atoms with Crippen molar-refractivity contribution in [2.45, 2.75) is 23.7 Å². The van der Waals surface area contributed by atoms with Crippen LogP contribution in [0.1, 0.15) is 57.3 Å². The van der Waals surface area contributed by atoms with E-state index in [0.717, 1.165) is 80.0 Å². The Morgan fingerprint density at radius 3 is 0.967 bits per heavy atom. The lowest BCUT2D eigenvalue weighted by molar-refractivity contribution is 0.266. The van der Waals surface area contributed by atoms with Crippen LogP contribution < -0.4 is 9.47 Å². The van der Waals surface area contributed by atoms with Crippen LogP contribution >= 0.6 is 0 Å². The molecule has 6 nitrogen and oxygen atoms in total. The predicted molar refractivity (Wildman–Crippen MR) is 234 cm³/mol. The third-order valence-electron chi connectivity index (χ3n) is 12.3. The molecular weight excluding hydrogens is 745 g/mol. The number of phenolic OH excluding ortho intramolecular Hbond substituents is 4. The molecule has 0 saturated carbocycles. The van der Waals surface area contributed by atoms with Crippen molar-refractivity contribution < 1.29 is 29.9 Å². The third-order valence-corrected chi connectivity index (χ3v) is 12.3. The summed E-state index contributed by atoms with van der Waals surface area (Å²) in [5, 5.41) is 43.1. The Morgan fingerprint density at radius 1 is 0.333 bits per heavy atom. The second kappa shape index (κ2) is 14.7. The highest BCUT2D eigenvalue weighted by Gasteiger charge is 2.48. The Bertz CT molecular complexity index is 2590. The summed E-state index contributed by atoms with van der Waals surface area (Å²) in [4.78, 5) is 0. The molecule has 0 unspecified atom stereocenters. The fraction of sp³-hybridized carbons (Fsp3) is 0.111. The van der Waals surface area contributed by atoms with Crippen LogP contribution in [-0.2, 0) is 10.8 Å². The Kier molecular flexibility index (Phi) is 9.06. The minimum Gasteiger partial charge on any atom is -0.508 e. The molecule has 0 aromatic heterocycles. The highest BCUT2D eigenvalue weighted by molar-refractivity contribution is 5.88. The molecule has 0 radical (unpaired) electrons. The van der Waals surface area contributed by atoms with Gasteiger partial charge in [0.25, 0.3) is 0 Å². The Hall–Kier alpha value is -7.44. The molecule has 10 rings (SSSR count). The van der Waals surface area contributed by atoms with Gasteiger partial charge < -0.3 is 29.9 Å². The normalized spacial score (nSPS) is 13.8. The van der Waals surface area contributed by atoms with Gasteiger partial charge in [0.05, 0.1) is 24.0 Å². The van der Waals surface area contributed by atoms with Crippen molar-refractivity contribution in [2.24, 2.45) is 0 Å². The summed E-state index contributed by atoms with van der Waals surface area (Å²) in [6.07, 6.45) is 1.59. The Balaban J connectivity index is 0.835. The SMILES string of the molecule is Oc1ccc(C2(c3ccc(OCCCCOc4ccc(C5(c6ccc(O)cc6O)c6ccccc6-c6ccccc65)cc4)cc3)c3ccccc3-c3ccccc32)c(O)c1. The van der Waals surface area contributed by atoms with Crippen molar-refractivity contribution in [1.29, 1.82) is 0 Å². The average molecular weight is 787 g/mol. The molecule has 0 bridgehead atoms. The van der Waals surface area contributed by atoms with Crippen LogP contribution in [0.2, 0.25) is 0 Å². The molecule has 6 heteroatoms. The summed E-state index contributed by atoms with van der Waals surface area (Å²) in [5.41, 5.74) is 10.5. The minimum atomic E-state index is -0.793. The van der Waals surface area contributed by atoms with Gasteiger partial charge in [-0.2, -0.15) is 0 Å². The van der Waals surface area contributed by atoms with Crippen LogP contribution in [0.4, 0.5) is 0 Å². The van der Waals surface area contributed by atoms with Crippen LogP contribution in [0, 0.1) is 0 Å². The molecule has 0 amide bonds. The summed E-state index contributed by atoms with van der Waals surface area (Å²) in [7, 11) is 0. The molecule has 8 aromatic rings. The van der Waals surface area contributed by atoms with E-state index in [4.69, 9.17) is 9.47 Å². The van der Waals surface area contributed by atoms with Gasteiger partial charge in [-0.1, -0.05) is 133 Å². The maximum absolute atomic E-state index is 11.3. The summed E-state index contributed by atoms with van der Waals surface area (Å²) in [6.45, 7) is 1.04. The number of aromatic hydroxyl groups is 4. The van der Waals surface area contributed by atoms with Gasteiger partial charge in [-0.15, -0.1) is 0 Å². The predicted octanol–water partition coefficient (Wildman–Crippen LogP) is 11.5. The number of hydrogen-bond acceptors (Lipinski definition) is 6. The van der Waals surface area contributed by atoms with E-state index in [-0.39, 0.29) is 23.0 Å². The molecule has 0 fully saturated rings. The van der Waals surface area contributed by atoms with E-state index < -0.39 is 10.8 Å². The van der Waals surface area contributed by atoms with E-state index in [1.54, 1.807) is 12.1 Å². The van der Waals surface area contributed by atoms with Gasteiger partial charge >= 0.3 is 0 Å². The molecule has 0 aliphatic heterocycles. The standard InChI is InChI=1S/C54H42O6/c55-37-23-29-49(51(57)33-37)53(45-15-5-1-11-41(45)42-12-2-6-16-46(42)53)35-19-25-39(26-20-35)59-31-9-10-32-60-40-27-21-36(22-28-40)54(50-30-24-38(56)34-52(50)58)47-17-7-3-13-43(47)44-14-4-8-18-48(44)54/h1-8,11-30,33-34,55-58H,9-10,31-32H2. The third kappa shape index (κ3) is 5.70. The maximum Gasteiger partial charge on any atom is 0.124 e. The van der Waals surface area contributed by atoms with Crippen molar-refractivity contribution in [3.63, 3.8) is 0 Å². The quantitative estimate of drug-likeness (QED) is 0.0975. The highest BCUT2D eigenvalue weighted by Crippen LogP contribution is 2.59. The van der Waals surface area contributed by atoms with Crippen molar-refractivity contribution in [1.82, 2.24) is 0 Å². The van der Waals surface area contributed by atoms with Gasteiger partial charge in [0.2, 0.25) is 0 Å². The smallest absolute Gasteiger partial charge is 0.124 e. The van der Waals surface area contributed by atoms with Gasteiger partial charge in [0.1, 0.15) is 34.5 Å². The number of phenols is 4. The first-order chi connectivity index (χ1) is 29.4. The summed E-state index contributed by atoms with van der Waals surface area (Å²) < 4.78 is 12.4. The number of rotatable bonds is 11. The zero-order valence-corrected chi connectivity index (χ0v) is 32.8. The fourth-order valence-electron chi connectivity index (χ4n) is 9.84. The molecule has 8 aromatic carbocycles. The molecule has 60 heavy (non-hydrogen) atoms. The number of hydrogen-bond donors (Lipinski definition) is 4. The zero-order chi connectivity index (χ0) is 40.8. The average Bonchev–Trinajstić information content (AvgIpc) is 3.74. The van der Waals surface area contributed by atoms with Crippen LogP contribution in [0.5, 0.6) is 34.5 Å². The molecule has 4 N–H and O–H groups in total. The molecular formula is C54H42O6. The fourth-order valence-corrected chi connectivity index (χ4v) is 9.84. The molecule has 2 aliphatic rings. The number of unbranched alkanes of at least 4 members (excludes halogenated alkanes) is 1. The van der Waals surface area contributed by atoms with Crippen LogP contribution in [0.15, 0.2) is 182 Å². The first kappa shape index (κ1) is 36.9. The number of benzene rings is 8. The van der Waals surface area contributed by atoms with Gasteiger partial charge in [0.15, 0.2) is 0 Å². The summed E-state index contributed by atoms with van der Waals surface area (Å²) in [6, 6.07) is 59.2. The van der Waals surface area contributed by atoms with E-state index in [0.29, 0.717) is 24.3 Å². The lowest BCUT2D eigenvalue weighted by atomic mass is 9.67.